The zero-order valence-electron chi connectivity index (χ0n) is 11.0. The third kappa shape index (κ3) is 3.20. The highest BCUT2D eigenvalue weighted by molar-refractivity contribution is 5.96. The number of ketones is 1. The van der Waals surface area contributed by atoms with Crippen LogP contribution in [0.3, 0.4) is 0 Å². The van der Waals surface area contributed by atoms with Gasteiger partial charge in [-0.2, -0.15) is 0 Å². The highest BCUT2D eigenvalue weighted by Gasteiger charge is 2.15. The Morgan fingerprint density at radius 3 is 2.25 bits per heavy atom. The zero-order valence-corrected chi connectivity index (χ0v) is 11.0. The van der Waals surface area contributed by atoms with Gasteiger partial charge >= 0.3 is 0 Å². The number of carbonyl (C=O) groups excluding carboxylic acids is 1. The fourth-order valence-corrected chi connectivity index (χ4v) is 1.79. The molecule has 0 saturated heterocycles. The van der Waals surface area contributed by atoms with Crippen molar-refractivity contribution in [3.05, 3.63) is 65.2 Å². The summed E-state index contributed by atoms with van der Waals surface area (Å²) in [5.74, 6) is -2.49. The van der Waals surface area contributed by atoms with Crippen LogP contribution in [0.15, 0.2) is 42.5 Å². The Kier molecular flexibility index (Phi) is 4.45. The summed E-state index contributed by atoms with van der Waals surface area (Å²) in [5.41, 5.74) is 0.828. The largest absolute Gasteiger partial charge is 0.483 e. The van der Waals surface area contributed by atoms with E-state index < -0.39 is 17.4 Å². The molecule has 2 rings (SSSR count). The number of ether oxygens (including phenoxy) is 1. The minimum Gasteiger partial charge on any atom is -0.483 e. The highest BCUT2D eigenvalue weighted by atomic mass is 19.1. The van der Waals surface area contributed by atoms with Gasteiger partial charge in [0, 0.05) is 12.0 Å². The molecule has 2 aromatic rings. The lowest BCUT2D eigenvalue weighted by atomic mass is 10.1. The Morgan fingerprint density at radius 1 is 1.10 bits per heavy atom. The molecule has 0 atom stereocenters. The Bertz CT molecular complexity index is 586. The first kappa shape index (κ1) is 14.2. The molecule has 0 heterocycles. The monoisotopic (exact) mass is 276 g/mol. The molecule has 20 heavy (non-hydrogen) atoms. The van der Waals surface area contributed by atoms with Crippen LogP contribution in [-0.2, 0) is 6.61 Å². The second-order valence-electron chi connectivity index (χ2n) is 4.32. The summed E-state index contributed by atoms with van der Waals surface area (Å²) < 4.78 is 32.7. The maximum Gasteiger partial charge on any atom is 0.191 e. The molecule has 4 heteroatoms. The molecular formula is C16H14F2O2. The fourth-order valence-electron chi connectivity index (χ4n) is 1.79. The van der Waals surface area contributed by atoms with Crippen molar-refractivity contribution in [1.29, 1.82) is 0 Å². The molecule has 0 bridgehead atoms. The van der Waals surface area contributed by atoms with E-state index in [2.05, 4.69) is 0 Å². The van der Waals surface area contributed by atoms with Crippen LogP contribution in [-0.4, -0.2) is 5.78 Å². The summed E-state index contributed by atoms with van der Waals surface area (Å²) in [6, 6.07) is 11.1. The molecule has 104 valence electrons. The Morgan fingerprint density at radius 2 is 1.70 bits per heavy atom. The van der Waals surface area contributed by atoms with E-state index in [1.807, 2.05) is 18.2 Å². The van der Waals surface area contributed by atoms with Crippen molar-refractivity contribution in [1.82, 2.24) is 0 Å². The molecule has 0 aliphatic heterocycles. The van der Waals surface area contributed by atoms with E-state index in [1.54, 1.807) is 19.1 Å². The topological polar surface area (TPSA) is 26.3 Å². The molecule has 0 aromatic heterocycles. The Hall–Kier alpha value is -2.23. The Labute approximate surface area is 116 Å². The van der Waals surface area contributed by atoms with Crippen molar-refractivity contribution in [3.63, 3.8) is 0 Å². The number of halogens is 2. The van der Waals surface area contributed by atoms with Gasteiger partial charge in [-0.1, -0.05) is 37.3 Å². The van der Waals surface area contributed by atoms with Crippen LogP contribution >= 0.6 is 0 Å². The van der Waals surface area contributed by atoms with Crippen LogP contribution in [0.2, 0.25) is 0 Å². The lowest BCUT2D eigenvalue weighted by Gasteiger charge is -2.09. The normalized spacial score (nSPS) is 10.3. The second kappa shape index (κ2) is 6.28. The van der Waals surface area contributed by atoms with Crippen LogP contribution in [0.4, 0.5) is 8.78 Å². The highest BCUT2D eigenvalue weighted by Crippen LogP contribution is 2.25. The smallest absolute Gasteiger partial charge is 0.191 e. The first-order valence-electron chi connectivity index (χ1n) is 6.30. The molecule has 0 spiro atoms. The summed E-state index contributed by atoms with van der Waals surface area (Å²) in [4.78, 5) is 11.4. The van der Waals surface area contributed by atoms with Crippen LogP contribution in [0.5, 0.6) is 5.75 Å². The number of hydrogen-bond donors (Lipinski definition) is 0. The number of hydrogen-bond acceptors (Lipinski definition) is 2. The zero-order chi connectivity index (χ0) is 14.5. The predicted octanol–water partition coefficient (Wildman–Crippen LogP) is 4.14. The van der Waals surface area contributed by atoms with Crippen molar-refractivity contribution in [2.75, 3.05) is 0 Å². The lowest BCUT2D eigenvalue weighted by Crippen LogP contribution is -2.04. The third-order valence-corrected chi connectivity index (χ3v) is 2.87. The first-order chi connectivity index (χ1) is 9.61. The second-order valence-corrected chi connectivity index (χ2v) is 4.32. The van der Waals surface area contributed by atoms with Crippen molar-refractivity contribution < 1.29 is 18.3 Å². The van der Waals surface area contributed by atoms with E-state index in [-0.39, 0.29) is 24.4 Å². The molecule has 0 amide bonds. The summed E-state index contributed by atoms with van der Waals surface area (Å²) in [5, 5.41) is 0. The van der Waals surface area contributed by atoms with Gasteiger partial charge in [0.15, 0.2) is 23.2 Å². The number of carbonyl (C=O) groups is 1. The number of benzene rings is 2. The third-order valence-electron chi connectivity index (χ3n) is 2.87. The summed E-state index contributed by atoms with van der Waals surface area (Å²) in [6.07, 6.45) is 0.198. The van der Waals surface area contributed by atoms with Gasteiger partial charge in [-0.05, 0) is 17.7 Å². The molecule has 2 nitrogen and oxygen atoms in total. The van der Waals surface area contributed by atoms with Gasteiger partial charge in [0.2, 0.25) is 0 Å². The van der Waals surface area contributed by atoms with Crippen molar-refractivity contribution in [2.24, 2.45) is 0 Å². The van der Waals surface area contributed by atoms with Gasteiger partial charge in [-0.3, -0.25) is 4.79 Å². The van der Waals surface area contributed by atoms with Crippen LogP contribution in [0.25, 0.3) is 0 Å². The summed E-state index contributed by atoms with van der Waals surface area (Å²) >= 11 is 0. The van der Waals surface area contributed by atoms with E-state index in [0.29, 0.717) is 0 Å². The Balaban J connectivity index is 2.18. The van der Waals surface area contributed by atoms with Gasteiger partial charge in [-0.15, -0.1) is 0 Å². The SMILES string of the molecule is CCC(=O)c1cc(F)c(OCc2ccccc2)c(F)c1. The molecule has 2 aromatic carbocycles. The molecule has 0 aliphatic carbocycles. The van der Waals surface area contributed by atoms with Crippen molar-refractivity contribution in [3.8, 4) is 5.75 Å². The predicted molar refractivity (Wildman–Crippen MR) is 71.8 cm³/mol. The van der Waals surface area contributed by atoms with Crippen molar-refractivity contribution in [2.45, 2.75) is 20.0 Å². The van der Waals surface area contributed by atoms with Gasteiger partial charge in [0.1, 0.15) is 6.61 Å². The molecule has 0 fully saturated rings. The fraction of sp³-hybridized carbons (Fsp3) is 0.188. The molecule has 0 saturated carbocycles. The average molecular weight is 276 g/mol. The van der Waals surface area contributed by atoms with E-state index >= 15 is 0 Å². The van der Waals surface area contributed by atoms with E-state index in [0.717, 1.165) is 17.7 Å². The number of rotatable bonds is 5. The molecular weight excluding hydrogens is 262 g/mol. The van der Waals surface area contributed by atoms with Crippen LogP contribution in [0.1, 0.15) is 29.3 Å². The summed E-state index contributed by atoms with van der Waals surface area (Å²) in [7, 11) is 0. The van der Waals surface area contributed by atoms with E-state index in [1.165, 1.54) is 0 Å². The van der Waals surface area contributed by atoms with Gasteiger partial charge in [0.25, 0.3) is 0 Å². The van der Waals surface area contributed by atoms with E-state index in [4.69, 9.17) is 4.74 Å². The average Bonchev–Trinajstić information content (AvgIpc) is 2.46. The van der Waals surface area contributed by atoms with Gasteiger partial charge < -0.3 is 4.74 Å². The quantitative estimate of drug-likeness (QED) is 0.767. The summed E-state index contributed by atoms with van der Waals surface area (Å²) in [6.45, 7) is 1.70. The van der Waals surface area contributed by atoms with Crippen molar-refractivity contribution >= 4 is 5.78 Å². The minimum atomic E-state index is -0.863. The maximum atomic E-state index is 13.8. The lowest BCUT2D eigenvalue weighted by molar-refractivity contribution is 0.0987. The van der Waals surface area contributed by atoms with Gasteiger partial charge in [0.05, 0.1) is 0 Å². The van der Waals surface area contributed by atoms with Gasteiger partial charge in [-0.25, -0.2) is 8.78 Å². The first-order valence-corrected chi connectivity index (χ1v) is 6.30. The van der Waals surface area contributed by atoms with Crippen LogP contribution in [0, 0.1) is 11.6 Å². The maximum absolute atomic E-state index is 13.8. The van der Waals surface area contributed by atoms with Crippen LogP contribution < -0.4 is 4.74 Å². The van der Waals surface area contributed by atoms with E-state index in [9.17, 15) is 13.6 Å². The molecule has 0 aliphatic rings. The standard InChI is InChI=1S/C16H14F2O2/c1-2-15(19)12-8-13(17)16(14(18)9-12)20-10-11-6-4-3-5-7-11/h3-9H,2,10H2,1H3. The molecule has 0 N–H and O–H groups in total. The molecule has 0 radical (unpaired) electrons. The number of Topliss-reactive ketones (excluding diaryl/α,β-unsaturated/α-hetero) is 1. The molecule has 0 unspecified atom stereocenters. The minimum absolute atomic E-state index is 0.0227.